The summed E-state index contributed by atoms with van der Waals surface area (Å²) in [5.41, 5.74) is 0. The van der Waals surface area contributed by atoms with Crippen molar-refractivity contribution in [1.29, 1.82) is 0 Å². The molecule has 1 atom stereocenters. The van der Waals surface area contributed by atoms with Gasteiger partial charge in [0, 0.05) is 17.3 Å². The molecular formula is C12H7NO5S3-2. The van der Waals surface area contributed by atoms with Crippen molar-refractivity contribution in [1.82, 2.24) is 4.90 Å². The van der Waals surface area contributed by atoms with Gasteiger partial charge >= 0.3 is 0 Å². The number of thiocarbonyl (C=S) groups is 1. The van der Waals surface area contributed by atoms with Crippen molar-refractivity contribution < 1.29 is 24.6 Å². The Labute approximate surface area is 133 Å². The van der Waals surface area contributed by atoms with E-state index in [1.807, 2.05) is 5.38 Å². The number of amides is 1. The van der Waals surface area contributed by atoms with Crippen molar-refractivity contribution in [2.24, 2.45) is 0 Å². The van der Waals surface area contributed by atoms with Gasteiger partial charge in [-0.15, -0.1) is 11.3 Å². The van der Waals surface area contributed by atoms with Crippen LogP contribution in [0.2, 0.25) is 0 Å². The Bertz CT molecular complexity index is 637. The van der Waals surface area contributed by atoms with Crippen molar-refractivity contribution in [3.63, 3.8) is 0 Å². The Hall–Kier alpha value is -1.71. The molecule has 21 heavy (non-hydrogen) atoms. The van der Waals surface area contributed by atoms with Gasteiger partial charge in [0.2, 0.25) is 0 Å². The van der Waals surface area contributed by atoms with Gasteiger partial charge in [-0.1, -0.05) is 30.0 Å². The van der Waals surface area contributed by atoms with Crippen LogP contribution in [0.1, 0.15) is 11.3 Å². The monoisotopic (exact) mass is 341 g/mol. The molecule has 0 radical (unpaired) electrons. The molecule has 2 rings (SSSR count). The fourth-order valence-corrected chi connectivity index (χ4v) is 3.77. The molecule has 110 valence electrons. The van der Waals surface area contributed by atoms with Gasteiger partial charge in [-0.2, -0.15) is 0 Å². The van der Waals surface area contributed by atoms with Gasteiger partial charge in [0.25, 0.3) is 5.91 Å². The minimum absolute atomic E-state index is 0.0155. The molecule has 1 saturated heterocycles. The highest BCUT2D eigenvalue weighted by molar-refractivity contribution is 8.26. The summed E-state index contributed by atoms with van der Waals surface area (Å²) >= 11 is 7.29. The number of rotatable bonds is 5. The highest BCUT2D eigenvalue weighted by Crippen LogP contribution is 2.35. The fraction of sp³-hybridized carbons (Fsp3) is 0.167. The lowest BCUT2D eigenvalue weighted by molar-refractivity contribution is -0.319. The average Bonchev–Trinajstić information content (AvgIpc) is 2.97. The molecule has 0 aliphatic carbocycles. The van der Waals surface area contributed by atoms with E-state index in [9.17, 15) is 24.6 Å². The van der Waals surface area contributed by atoms with E-state index in [4.69, 9.17) is 12.2 Å². The van der Waals surface area contributed by atoms with Crippen LogP contribution in [-0.4, -0.2) is 33.1 Å². The highest BCUT2D eigenvalue weighted by atomic mass is 32.2. The SMILES string of the molecule is O=C([O-])C[C@@H](C(=O)[O-])N1C(=O)/C(=C/c2cccs2)SC1=S. The summed E-state index contributed by atoms with van der Waals surface area (Å²) < 4.78 is -0.0155. The third-order valence-corrected chi connectivity index (χ3v) is 4.73. The number of carboxylic acid groups (broad SMARTS) is 2. The number of nitrogens with zero attached hydrogens (tertiary/aromatic N) is 1. The number of aliphatic carboxylic acids is 2. The molecule has 1 aromatic rings. The Kier molecular flexibility index (Phi) is 4.76. The first-order valence-corrected chi connectivity index (χ1v) is 7.72. The number of hydrogen-bond acceptors (Lipinski definition) is 8. The first-order valence-electron chi connectivity index (χ1n) is 5.61. The van der Waals surface area contributed by atoms with Crippen LogP contribution in [-0.2, 0) is 14.4 Å². The van der Waals surface area contributed by atoms with Crippen LogP contribution in [0.3, 0.4) is 0 Å². The van der Waals surface area contributed by atoms with Crippen molar-refractivity contribution in [3.05, 3.63) is 27.3 Å². The van der Waals surface area contributed by atoms with Gasteiger partial charge in [-0.05, 0) is 17.5 Å². The van der Waals surface area contributed by atoms with Crippen molar-refractivity contribution >= 4 is 63.6 Å². The summed E-state index contributed by atoms with van der Waals surface area (Å²) in [7, 11) is 0. The number of carbonyl (C=O) groups excluding carboxylic acids is 3. The summed E-state index contributed by atoms with van der Waals surface area (Å²) in [5, 5.41) is 23.5. The maximum absolute atomic E-state index is 12.2. The lowest BCUT2D eigenvalue weighted by Gasteiger charge is -2.27. The number of carboxylic acids is 2. The van der Waals surface area contributed by atoms with E-state index in [1.54, 1.807) is 18.2 Å². The first kappa shape index (κ1) is 15.7. The molecule has 1 aliphatic rings. The normalized spacial score (nSPS) is 18.3. The summed E-state index contributed by atoms with van der Waals surface area (Å²) in [5.74, 6) is -3.93. The molecule has 1 fully saturated rings. The molecule has 2 heterocycles. The highest BCUT2D eigenvalue weighted by Gasteiger charge is 2.37. The lowest BCUT2D eigenvalue weighted by Crippen LogP contribution is -2.52. The molecule has 1 aromatic heterocycles. The van der Waals surface area contributed by atoms with E-state index in [0.717, 1.165) is 21.5 Å². The third kappa shape index (κ3) is 3.49. The Balaban J connectivity index is 2.29. The number of carbonyl (C=O) groups is 3. The second-order valence-corrected chi connectivity index (χ2v) is 6.63. The molecule has 1 aliphatic heterocycles. The van der Waals surface area contributed by atoms with Gasteiger partial charge in [-0.25, -0.2) is 0 Å². The van der Waals surface area contributed by atoms with Crippen molar-refractivity contribution in [2.45, 2.75) is 12.5 Å². The van der Waals surface area contributed by atoms with Gasteiger partial charge in [0.15, 0.2) is 0 Å². The summed E-state index contributed by atoms with van der Waals surface area (Å²) in [6.45, 7) is 0. The first-order chi connectivity index (χ1) is 9.90. The van der Waals surface area contributed by atoms with Crippen LogP contribution < -0.4 is 10.2 Å². The smallest absolute Gasteiger partial charge is 0.266 e. The number of thiophene rings is 1. The second kappa shape index (κ2) is 6.37. The molecule has 6 nitrogen and oxygen atoms in total. The van der Waals surface area contributed by atoms with Gasteiger partial charge in [0.1, 0.15) is 4.32 Å². The summed E-state index contributed by atoms with van der Waals surface area (Å²) in [4.78, 5) is 35.7. The molecule has 0 spiro atoms. The van der Waals surface area contributed by atoms with Crippen molar-refractivity contribution in [3.8, 4) is 0 Å². The Morgan fingerprint density at radius 1 is 1.43 bits per heavy atom. The summed E-state index contributed by atoms with van der Waals surface area (Å²) in [6, 6.07) is 1.92. The lowest BCUT2D eigenvalue weighted by atomic mass is 10.2. The Morgan fingerprint density at radius 3 is 2.67 bits per heavy atom. The number of thioether (sulfide) groups is 1. The summed E-state index contributed by atoms with van der Waals surface area (Å²) in [6.07, 6.45) is 0.705. The zero-order valence-electron chi connectivity index (χ0n) is 10.3. The van der Waals surface area contributed by atoms with E-state index < -0.39 is 30.3 Å². The van der Waals surface area contributed by atoms with E-state index >= 15 is 0 Å². The van der Waals surface area contributed by atoms with Gasteiger partial charge in [0.05, 0.1) is 16.9 Å². The minimum atomic E-state index is -1.69. The zero-order valence-corrected chi connectivity index (χ0v) is 12.8. The van der Waals surface area contributed by atoms with Crippen LogP contribution in [0.5, 0.6) is 0 Å². The minimum Gasteiger partial charge on any atom is -0.550 e. The maximum atomic E-state index is 12.2. The van der Waals surface area contributed by atoms with E-state index in [-0.39, 0.29) is 9.23 Å². The van der Waals surface area contributed by atoms with E-state index in [2.05, 4.69) is 0 Å². The quantitative estimate of drug-likeness (QED) is 0.511. The van der Waals surface area contributed by atoms with Crippen molar-refractivity contribution in [2.75, 3.05) is 0 Å². The van der Waals surface area contributed by atoms with Gasteiger partial charge in [-0.3, -0.25) is 9.69 Å². The van der Waals surface area contributed by atoms with Crippen LogP contribution in [0.4, 0.5) is 0 Å². The zero-order chi connectivity index (χ0) is 15.6. The van der Waals surface area contributed by atoms with Gasteiger partial charge < -0.3 is 19.8 Å². The standard InChI is InChI=1S/C12H9NO5S3/c14-9(15)5-7(11(17)18)13-10(16)8(21-12(13)19)4-6-2-1-3-20-6/h1-4,7H,5H2,(H,14,15)(H,17,18)/p-2/b8-4-/t7-/m0/s1. The molecule has 0 bridgehead atoms. The van der Waals surface area contributed by atoms with Crippen LogP contribution in [0.25, 0.3) is 6.08 Å². The molecule has 1 amide bonds. The van der Waals surface area contributed by atoms with E-state index in [0.29, 0.717) is 0 Å². The van der Waals surface area contributed by atoms with E-state index in [1.165, 1.54) is 11.3 Å². The molecule has 0 N–H and O–H groups in total. The molecule has 0 aromatic carbocycles. The third-order valence-electron chi connectivity index (χ3n) is 2.58. The molecule has 0 unspecified atom stereocenters. The Morgan fingerprint density at radius 2 is 2.14 bits per heavy atom. The maximum Gasteiger partial charge on any atom is 0.266 e. The van der Waals surface area contributed by atoms with Crippen LogP contribution >= 0.6 is 35.3 Å². The number of hydrogen-bond donors (Lipinski definition) is 0. The van der Waals surface area contributed by atoms with Crippen LogP contribution in [0.15, 0.2) is 22.4 Å². The molecule has 9 heteroatoms. The predicted molar refractivity (Wildman–Crippen MR) is 77.8 cm³/mol. The average molecular weight is 341 g/mol. The second-order valence-electron chi connectivity index (χ2n) is 3.98. The topological polar surface area (TPSA) is 101 Å². The fourth-order valence-electron chi connectivity index (χ4n) is 1.69. The predicted octanol–water partition coefficient (Wildman–Crippen LogP) is -0.792. The molecule has 0 saturated carbocycles. The molecular weight excluding hydrogens is 334 g/mol. The van der Waals surface area contributed by atoms with Crippen LogP contribution in [0, 0.1) is 0 Å². The largest absolute Gasteiger partial charge is 0.550 e.